The molecule has 0 aliphatic carbocycles. The van der Waals surface area contributed by atoms with Gasteiger partial charge in [-0.15, -0.1) is 0 Å². The van der Waals surface area contributed by atoms with Crippen LogP contribution >= 0.6 is 0 Å². The fraction of sp³-hybridized carbons (Fsp3) is 0.364. The molecule has 0 radical (unpaired) electrons. The van der Waals surface area contributed by atoms with Gasteiger partial charge in [0.15, 0.2) is 0 Å². The van der Waals surface area contributed by atoms with E-state index in [-0.39, 0.29) is 17.8 Å². The number of benzene rings is 1. The van der Waals surface area contributed by atoms with Crippen LogP contribution in [-0.2, 0) is 11.3 Å². The summed E-state index contributed by atoms with van der Waals surface area (Å²) in [6.45, 7) is 2.32. The van der Waals surface area contributed by atoms with Crippen LogP contribution < -0.4 is 5.73 Å². The van der Waals surface area contributed by atoms with E-state index in [1.54, 1.807) is 26.1 Å². The van der Waals surface area contributed by atoms with Gasteiger partial charge in [-0.05, 0) is 31.7 Å². The summed E-state index contributed by atoms with van der Waals surface area (Å²) < 4.78 is 12.6. The second-order valence-electron chi connectivity index (χ2n) is 3.62. The molecule has 0 aliphatic heterocycles. The summed E-state index contributed by atoms with van der Waals surface area (Å²) >= 11 is 0. The number of hydrogen-bond donors (Lipinski definition) is 1. The Labute approximate surface area is 88.7 Å². The highest BCUT2D eigenvalue weighted by Crippen LogP contribution is 2.07. The number of carbonyl (C=O) groups excluding carboxylic acids is 1. The number of primary amides is 1. The van der Waals surface area contributed by atoms with Gasteiger partial charge in [0, 0.05) is 6.54 Å². The number of rotatable bonds is 4. The first-order valence-corrected chi connectivity index (χ1v) is 4.74. The molecule has 4 heteroatoms. The van der Waals surface area contributed by atoms with Gasteiger partial charge in [-0.2, -0.15) is 0 Å². The van der Waals surface area contributed by atoms with Crippen LogP contribution in [0.3, 0.4) is 0 Å². The van der Waals surface area contributed by atoms with Crippen LogP contribution in [0.25, 0.3) is 0 Å². The third kappa shape index (κ3) is 3.32. The Morgan fingerprint density at radius 1 is 1.47 bits per heavy atom. The summed E-state index contributed by atoms with van der Waals surface area (Å²) in [5, 5.41) is 0. The number of nitrogens with two attached hydrogens (primary N) is 1. The normalized spacial score (nSPS) is 12.8. The lowest BCUT2D eigenvalue weighted by Gasteiger charge is -2.21. The first-order chi connectivity index (χ1) is 7.00. The van der Waals surface area contributed by atoms with E-state index >= 15 is 0 Å². The first-order valence-electron chi connectivity index (χ1n) is 4.74. The van der Waals surface area contributed by atoms with Crippen molar-refractivity contribution in [2.24, 2.45) is 5.73 Å². The Kier molecular flexibility index (Phi) is 3.80. The molecular formula is C11H15FN2O. The number of likely N-dealkylation sites (N-methyl/N-ethyl adjacent to an activating group) is 1. The number of carbonyl (C=O) groups is 1. The van der Waals surface area contributed by atoms with E-state index < -0.39 is 0 Å². The van der Waals surface area contributed by atoms with Crippen LogP contribution in [0.1, 0.15) is 12.5 Å². The van der Waals surface area contributed by atoms with Crippen molar-refractivity contribution in [2.45, 2.75) is 19.5 Å². The molecule has 0 aliphatic rings. The molecule has 15 heavy (non-hydrogen) atoms. The van der Waals surface area contributed by atoms with E-state index in [0.717, 1.165) is 5.56 Å². The van der Waals surface area contributed by atoms with Crippen LogP contribution in [0.15, 0.2) is 24.3 Å². The highest BCUT2D eigenvalue weighted by Gasteiger charge is 2.14. The highest BCUT2D eigenvalue weighted by atomic mass is 19.1. The van der Waals surface area contributed by atoms with E-state index in [9.17, 15) is 9.18 Å². The highest BCUT2D eigenvalue weighted by molar-refractivity contribution is 5.79. The summed E-state index contributed by atoms with van der Waals surface area (Å²) in [7, 11) is 1.80. The molecule has 1 unspecified atom stereocenters. The second-order valence-corrected chi connectivity index (χ2v) is 3.62. The minimum Gasteiger partial charge on any atom is -0.368 e. The van der Waals surface area contributed by atoms with Gasteiger partial charge in [-0.3, -0.25) is 9.69 Å². The summed E-state index contributed by atoms with van der Waals surface area (Å²) in [4.78, 5) is 12.7. The molecule has 1 aromatic rings. The topological polar surface area (TPSA) is 46.3 Å². The third-order valence-electron chi connectivity index (χ3n) is 2.42. The van der Waals surface area contributed by atoms with E-state index in [1.165, 1.54) is 12.1 Å². The van der Waals surface area contributed by atoms with Crippen molar-refractivity contribution in [3.63, 3.8) is 0 Å². The molecule has 0 heterocycles. The lowest BCUT2D eigenvalue weighted by atomic mass is 10.2. The van der Waals surface area contributed by atoms with Crippen LogP contribution in [0, 0.1) is 5.82 Å². The Balaban J connectivity index is 2.62. The van der Waals surface area contributed by atoms with Gasteiger partial charge in [0.25, 0.3) is 0 Å². The molecule has 0 saturated carbocycles. The molecule has 0 aromatic heterocycles. The summed E-state index contributed by atoms with van der Waals surface area (Å²) in [6.07, 6.45) is 0. The molecule has 1 aromatic carbocycles. The lowest BCUT2D eigenvalue weighted by Crippen LogP contribution is -2.39. The van der Waals surface area contributed by atoms with Crippen molar-refractivity contribution < 1.29 is 9.18 Å². The molecule has 1 rings (SSSR count). The Morgan fingerprint density at radius 2 is 2.00 bits per heavy atom. The van der Waals surface area contributed by atoms with Gasteiger partial charge in [-0.25, -0.2) is 4.39 Å². The molecular weight excluding hydrogens is 195 g/mol. The van der Waals surface area contributed by atoms with Crippen molar-refractivity contribution in [3.05, 3.63) is 35.6 Å². The zero-order chi connectivity index (χ0) is 11.4. The van der Waals surface area contributed by atoms with Crippen molar-refractivity contribution in [3.8, 4) is 0 Å². The molecule has 0 saturated heterocycles. The largest absolute Gasteiger partial charge is 0.368 e. The maximum Gasteiger partial charge on any atom is 0.234 e. The molecule has 0 bridgehead atoms. The third-order valence-corrected chi connectivity index (χ3v) is 2.42. The number of nitrogens with zero attached hydrogens (tertiary/aromatic N) is 1. The molecule has 1 amide bonds. The SMILES string of the molecule is CC(C(N)=O)N(C)Cc1ccc(F)cc1. The van der Waals surface area contributed by atoms with Gasteiger partial charge in [0.05, 0.1) is 6.04 Å². The molecule has 3 nitrogen and oxygen atoms in total. The minimum atomic E-state index is -0.361. The Hall–Kier alpha value is -1.42. The average molecular weight is 210 g/mol. The van der Waals surface area contributed by atoms with Crippen molar-refractivity contribution in [1.29, 1.82) is 0 Å². The monoisotopic (exact) mass is 210 g/mol. The molecule has 82 valence electrons. The number of amides is 1. The van der Waals surface area contributed by atoms with Gasteiger partial charge in [-0.1, -0.05) is 12.1 Å². The van der Waals surface area contributed by atoms with Gasteiger partial charge in [0.2, 0.25) is 5.91 Å². The lowest BCUT2D eigenvalue weighted by molar-refractivity contribution is -0.122. The molecule has 2 N–H and O–H groups in total. The van der Waals surface area contributed by atoms with E-state index in [4.69, 9.17) is 5.73 Å². The summed E-state index contributed by atoms with van der Waals surface area (Å²) in [5.41, 5.74) is 6.12. The van der Waals surface area contributed by atoms with Crippen LogP contribution in [0.2, 0.25) is 0 Å². The van der Waals surface area contributed by atoms with Crippen molar-refractivity contribution in [1.82, 2.24) is 4.90 Å². The molecule has 0 spiro atoms. The van der Waals surface area contributed by atoms with Gasteiger partial charge in [0.1, 0.15) is 5.82 Å². The van der Waals surface area contributed by atoms with Crippen LogP contribution in [-0.4, -0.2) is 23.9 Å². The number of hydrogen-bond acceptors (Lipinski definition) is 2. The number of halogens is 1. The predicted octanol–water partition coefficient (Wildman–Crippen LogP) is 1.13. The van der Waals surface area contributed by atoms with E-state index in [1.807, 2.05) is 4.90 Å². The van der Waals surface area contributed by atoms with Gasteiger partial charge < -0.3 is 5.73 Å². The van der Waals surface area contributed by atoms with Gasteiger partial charge >= 0.3 is 0 Å². The fourth-order valence-corrected chi connectivity index (χ4v) is 1.23. The maximum absolute atomic E-state index is 12.6. The quantitative estimate of drug-likeness (QED) is 0.809. The minimum absolute atomic E-state index is 0.260. The zero-order valence-electron chi connectivity index (χ0n) is 8.90. The first kappa shape index (κ1) is 11.7. The molecule has 1 atom stereocenters. The smallest absolute Gasteiger partial charge is 0.234 e. The standard InChI is InChI=1S/C11H15FN2O/c1-8(11(13)15)14(2)7-9-3-5-10(12)6-4-9/h3-6,8H,7H2,1-2H3,(H2,13,15). The fourth-order valence-electron chi connectivity index (χ4n) is 1.23. The van der Waals surface area contributed by atoms with Crippen LogP contribution in [0.4, 0.5) is 4.39 Å². The molecule has 0 fully saturated rings. The van der Waals surface area contributed by atoms with Crippen molar-refractivity contribution in [2.75, 3.05) is 7.05 Å². The summed E-state index contributed by atoms with van der Waals surface area (Å²) in [5.74, 6) is -0.621. The Morgan fingerprint density at radius 3 is 2.47 bits per heavy atom. The maximum atomic E-state index is 12.6. The predicted molar refractivity (Wildman–Crippen MR) is 56.5 cm³/mol. The van der Waals surface area contributed by atoms with E-state index in [0.29, 0.717) is 6.54 Å². The Bertz CT molecular complexity index is 337. The summed E-state index contributed by atoms with van der Waals surface area (Å²) in [6, 6.07) is 5.87. The van der Waals surface area contributed by atoms with Crippen molar-refractivity contribution >= 4 is 5.91 Å². The second kappa shape index (κ2) is 4.89. The zero-order valence-corrected chi connectivity index (χ0v) is 8.90. The van der Waals surface area contributed by atoms with Crippen LogP contribution in [0.5, 0.6) is 0 Å². The average Bonchev–Trinajstić information content (AvgIpc) is 2.20. The van der Waals surface area contributed by atoms with E-state index in [2.05, 4.69) is 0 Å².